The van der Waals surface area contributed by atoms with Gasteiger partial charge in [0, 0.05) is 19.1 Å². The third kappa shape index (κ3) is 2.43. The highest BCUT2D eigenvalue weighted by molar-refractivity contribution is 7.89. The Labute approximate surface area is 120 Å². The van der Waals surface area contributed by atoms with Crippen LogP contribution >= 0.6 is 0 Å². The zero-order chi connectivity index (χ0) is 14.2. The molecule has 0 amide bonds. The van der Waals surface area contributed by atoms with Crippen molar-refractivity contribution in [3.05, 3.63) is 24.3 Å². The van der Waals surface area contributed by atoms with E-state index < -0.39 is 10.0 Å². The van der Waals surface area contributed by atoms with Gasteiger partial charge in [0.25, 0.3) is 0 Å². The molecule has 6 heteroatoms. The van der Waals surface area contributed by atoms with Gasteiger partial charge in [-0.2, -0.15) is 4.31 Å². The van der Waals surface area contributed by atoms with Crippen molar-refractivity contribution in [1.82, 2.24) is 9.21 Å². The number of fused-ring (bicyclic) bond motifs is 1. The third-order valence-electron chi connectivity index (χ3n) is 4.30. The van der Waals surface area contributed by atoms with Crippen LogP contribution in [0, 0.1) is 0 Å². The fourth-order valence-corrected chi connectivity index (χ4v) is 4.88. The SMILES string of the molecule is Nc1ccccc1S(=O)(=O)N1CCCN2CCCC2C1. The van der Waals surface area contributed by atoms with Gasteiger partial charge in [-0.25, -0.2) is 8.42 Å². The fraction of sp³-hybridized carbons (Fsp3) is 0.571. The Bertz CT molecular complexity index is 588. The molecule has 1 aromatic carbocycles. The quantitative estimate of drug-likeness (QED) is 0.831. The van der Waals surface area contributed by atoms with Crippen molar-refractivity contribution >= 4 is 15.7 Å². The predicted molar refractivity (Wildman–Crippen MR) is 78.8 cm³/mol. The molecule has 0 radical (unpaired) electrons. The van der Waals surface area contributed by atoms with E-state index >= 15 is 0 Å². The minimum atomic E-state index is -3.47. The van der Waals surface area contributed by atoms with Crippen LogP contribution < -0.4 is 5.73 Å². The summed E-state index contributed by atoms with van der Waals surface area (Å²) >= 11 is 0. The lowest BCUT2D eigenvalue weighted by molar-refractivity contribution is 0.257. The molecule has 2 saturated heterocycles. The van der Waals surface area contributed by atoms with Crippen LogP contribution in [0.5, 0.6) is 0 Å². The third-order valence-corrected chi connectivity index (χ3v) is 6.24. The summed E-state index contributed by atoms with van der Waals surface area (Å²) in [5.41, 5.74) is 6.18. The summed E-state index contributed by atoms with van der Waals surface area (Å²) in [7, 11) is -3.47. The van der Waals surface area contributed by atoms with Crippen molar-refractivity contribution in [2.45, 2.75) is 30.2 Å². The van der Waals surface area contributed by atoms with Crippen molar-refractivity contribution in [1.29, 1.82) is 0 Å². The second kappa shape index (κ2) is 5.35. The maximum atomic E-state index is 12.8. The fourth-order valence-electron chi connectivity index (χ4n) is 3.25. The Morgan fingerprint density at radius 3 is 2.65 bits per heavy atom. The van der Waals surface area contributed by atoms with Crippen LogP contribution in [0.1, 0.15) is 19.3 Å². The summed E-state index contributed by atoms with van der Waals surface area (Å²) < 4.78 is 27.2. The van der Waals surface area contributed by atoms with Crippen LogP contribution in [-0.2, 0) is 10.0 Å². The molecule has 2 aliphatic heterocycles. The molecule has 1 atom stereocenters. The average Bonchev–Trinajstić information content (AvgIpc) is 2.76. The molecule has 2 fully saturated rings. The van der Waals surface area contributed by atoms with E-state index in [2.05, 4.69) is 4.90 Å². The molecular weight excluding hydrogens is 274 g/mol. The molecule has 2 heterocycles. The Morgan fingerprint density at radius 1 is 1.10 bits per heavy atom. The molecule has 2 aliphatic rings. The molecule has 0 saturated carbocycles. The van der Waals surface area contributed by atoms with Gasteiger partial charge >= 0.3 is 0 Å². The van der Waals surface area contributed by atoms with E-state index in [0.29, 0.717) is 24.8 Å². The zero-order valence-electron chi connectivity index (χ0n) is 11.5. The first-order valence-electron chi connectivity index (χ1n) is 7.18. The molecular formula is C14H21N3O2S. The lowest BCUT2D eigenvalue weighted by atomic mass is 10.2. The van der Waals surface area contributed by atoms with Crippen molar-refractivity contribution in [3.8, 4) is 0 Å². The number of hydrogen-bond acceptors (Lipinski definition) is 4. The van der Waals surface area contributed by atoms with Gasteiger partial charge in [-0.15, -0.1) is 0 Å². The van der Waals surface area contributed by atoms with Crippen molar-refractivity contribution in [3.63, 3.8) is 0 Å². The van der Waals surface area contributed by atoms with Gasteiger partial charge in [0.2, 0.25) is 10.0 Å². The molecule has 0 spiro atoms. The van der Waals surface area contributed by atoms with E-state index in [-0.39, 0.29) is 4.90 Å². The number of para-hydroxylation sites is 1. The molecule has 5 nitrogen and oxygen atoms in total. The highest BCUT2D eigenvalue weighted by atomic mass is 32.2. The molecule has 1 aromatic rings. The minimum absolute atomic E-state index is 0.242. The van der Waals surface area contributed by atoms with Crippen molar-refractivity contribution in [2.24, 2.45) is 0 Å². The molecule has 0 aromatic heterocycles. The number of anilines is 1. The van der Waals surface area contributed by atoms with Crippen LogP contribution in [0.15, 0.2) is 29.2 Å². The minimum Gasteiger partial charge on any atom is -0.398 e. The van der Waals surface area contributed by atoms with Gasteiger partial charge in [-0.3, -0.25) is 4.90 Å². The van der Waals surface area contributed by atoms with Crippen LogP contribution in [0.3, 0.4) is 0 Å². The maximum Gasteiger partial charge on any atom is 0.245 e. The predicted octanol–water partition coefficient (Wildman–Crippen LogP) is 1.13. The number of nitrogens with zero attached hydrogens (tertiary/aromatic N) is 2. The van der Waals surface area contributed by atoms with Crippen LogP contribution in [0.4, 0.5) is 5.69 Å². The summed E-state index contributed by atoms with van der Waals surface area (Å²) in [6, 6.07) is 7.10. The van der Waals surface area contributed by atoms with E-state index in [1.807, 2.05) is 0 Å². The summed E-state index contributed by atoms with van der Waals surface area (Å²) in [6.07, 6.45) is 3.16. The zero-order valence-corrected chi connectivity index (χ0v) is 12.3. The van der Waals surface area contributed by atoms with Gasteiger partial charge < -0.3 is 5.73 Å². The molecule has 1 unspecified atom stereocenters. The summed E-state index contributed by atoms with van der Waals surface area (Å²) in [4.78, 5) is 2.66. The lowest BCUT2D eigenvalue weighted by Crippen LogP contribution is -2.39. The van der Waals surface area contributed by atoms with Crippen LogP contribution in [0.2, 0.25) is 0 Å². The molecule has 2 N–H and O–H groups in total. The largest absolute Gasteiger partial charge is 0.398 e. The summed E-state index contributed by atoms with van der Waals surface area (Å²) in [5.74, 6) is 0. The standard InChI is InChI=1S/C14H21N3O2S/c15-13-6-1-2-7-14(13)20(18,19)17-10-4-9-16-8-3-5-12(16)11-17/h1-2,6-7,12H,3-5,8-11,15H2. The van der Waals surface area contributed by atoms with Crippen LogP contribution in [0.25, 0.3) is 0 Å². The van der Waals surface area contributed by atoms with E-state index in [0.717, 1.165) is 25.9 Å². The first-order chi connectivity index (χ1) is 9.59. The number of benzene rings is 1. The molecule has 110 valence electrons. The van der Waals surface area contributed by atoms with Gasteiger partial charge in [-0.1, -0.05) is 12.1 Å². The molecule has 3 rings (SSSR count). The highest BCUT2D eigenvalue weighted by Gasteiger charge is 2.34. The van der Waals surface area contributed by atoms with Crippen molar-refractivity contribution < 1.29 is 8.42 Å². The Hall–Kier alpha value is -1.11. The van der Waals surface area contributed by atoms with Gasteiger partial charge in [-0.05, 0) is 44.5 Å². The number of rotatable bonds is 2. The van der Waals surface area contributed by atoms with Crippen molar-refractivity contribution in [2.75, 3.05) is 31.9 Å². The summed E-state index contributed by atoms with van der Waals surface area (Å²) in [5, 5.41) is 0. The topological polar surface area (TPSA) is 66.6 Å². The normalized spacial score (nSPS) is 25.3. The monoisotopic (exact) mass is 295 g/mol. The smallest absolute Gasteiger partial charge is 0.245 e. The average molecular weight is 295 g/mol. The summed E-state index contributed by atoms with van der Waals surface area (Å²) in [6.45, 7) is 3.29. The number of hydrogen-bond donors (Lipinski definition) is 1. The molecule has 0 aliphatic carbocycles. The van der Waals surface area contributed by atoms with E-state index in [1.165, 1.54) is 6.42 Å². The number of sulfonamides is 1. The van der Waals surface area contributed by atoms with Crippen LogP contribution in [-0.4, -0.2) is 49.8 Å². The van der Waals surface area contributed by atoms with Gasteiger partial charge in [0.05, 0.1) is 5.69 Å². The van der Waals surface area contributed by atoms with Gasteiger partial charge in [0.1, 0.15) is 4.90 Å². The van der Waals surface area contributed by atoms with Gasteiger partial charge in [0.15, 0.2) is 0 Å². The van der Waals surface area contributed by atoms with E-state index in [1.54, 1.807) is 28.6 Å². The van der Waals surface area contributed by atoms with E-state index in [9.17, 15) is 8.42 Å². The first-order valence-corrected chi connectivity index (χ1v) is 8.62. The second-order valence-electron chi connectivity index (χ2n) is 5.59. The Balaban J connectivity index is 1.89. The Kier molecular flexibility index (Phi) is 3.70. The maximum absolute atomic E-state index is 12.8. The molecule has 20 heavy (non-hydrogen) atoms. The highest BCUT2D eigenvalue weighted by Crippen LogP contribution is 2.27. The second-order valence-corrected chi connectivity index (χ2v) is 7.49. The first kappa shape index (κ1) is 13.9. The Morgan fingerprint density at radius 2 is 1.85 bits per heavy atom. The van der Waals surface area contributed by atoms with E-state index in [4.69, 9.17) is 5.73 Å². The lowest BCUT2D eigenvalue weighted by Gasteiger charge is -2.25. The number of nitrogens with two attached hydrogens (primary N) is 1. The number of nitrogen functional groups attached to an aromatic ring is 1. The molecule has 0 bridgehead atoms.